The summed E-state index contributed by atoms with van der Waals surface area (Å²) < 4.78 is 5.73. The Balaban J connectivity index is 2.74. The third-order valence-electron chi connectivity index (χ3n) is 0.971. The van der Waals surface area contributed by atoms with E-state index in [1.54, 1.807) is 25.3 Å². The highest BCUT2D eigenvalue weighted by molar-refractivity contribution is 9.10. The first-order valence-electron chi connectivity index (χ1n) is 3.03. The van der Waals surface area contributed by atoms with Crippen LogP contribution in [0.1, 0.15) is 6.92 Å². The zero-order valence-corrected chi connectivity index (χ0v) is 7.55. The maximum absolute atomic E-state index is 7.02. The van der Waals surface area contributed by atoms with E-state index in [9.17, 15) is 0 Å². The fraction of sp³-hybridized carbons (Fsp3) is 0.143. The average Bonchev–Trinajstić information content (AvgIpc) is 1.93. The summed E-state index contributed by atoms with van der Waals surface area (Å²) in [6.45, 7) is 1.57. The number of aromatic nitrogens is 1. The van der Waals surface area contributed by atoms with Gasteiger partial charge in [-0.25, -0.2) is 4.98 Å². The minimum absolute atomic E-state index is 0.161. The average molecular weight is 215 g/mol. The van der Waals surface area contributed by atoms with Crippen LogP contribution < -0.4 is 4.74 Å². The zero-order chi connectivity index (χ0) is 8.27. The summed E-state index contributed by atoms with van der Waals surface area (Å²) in [7, 11) is 0. The molecule has 1 aromatic rings. The zero-order valence-electron chi connectivity index (χ0n) is 5.97. The van der Waals surface area contributed by atoms with Crippen LogP contribution in [0.25, 0.3) is 0 Å². The lowest BCUT2D eigenvalue weighted by molar-refractivity contribution is 0.538. The number of pyridine rings is 1. The van der Waals surface area contributed by atoms with Gasteiger partial charge in [0.1, 0.15) is 10.4 Å². The van der Waals surface area contributed by atoms with Gasteiger partial charge in [-0.05, 0) is 28.1 Å². The lowest BCUT2D eigenvalue weighted by atomic mass is 10.5. The molecule has 0 saturated heterocycles. The Hall–Kier alpha value is -0.900. The van der Waals surface area contributed by atoms with Gasteiger partial charge in [-0.1, -0.05) is 0 Å². The maximum atomic E-state index is 7.02. The van der Waals surface area contributed by atoms with Crippen molar-refractivity contribution in [1.29, 1.82) is 5.41 Å². The molecule has 0 fully saturated rings. The summed E-state index contributed by atoms with van der Waals surface area (Å²) in [5, 5.41) is 7.02. The Morgan fingerprint density at radius 1 is 1.64 bits per heavy atom. The van der Waals surface area contributed by atoms with Gasteiger partial charge in [0.2, 0.25) is 0 Å². The molecular weight excluding hydrogens is 208 g/mol. The first-order chi connectivity index (χ1) is 5.18. The Morgan fingerprint density at radius 2 is 2.36 bits per heavy atom. The SMILES string of the molecule is CC(=N)Oc1ccc(Br)nc1. The molecule has 58 valence electrons. The van der Waals surface area contributed by atoms with Crippen molar-refractivity contribution in [3.63, 3.8) is 0 Å². The van der Waals surface area contributed by atoms with E-state index in [1.165, 1.54) is 0 Å². The summed E-state index contributed by atoms with van der Waals surface area (Å²) in [5.41, 5.74) is 0. The number of rotatable bonds is 1. The van der Waals surface area contributed by atoms with Gasteiger partial charge in [-0.3, -0.25) is 5.41 Å². The lowest BCUT2D eigenvalue weighted by Crippen LogP contribution is -2.00. The molecule has 0 spiro atoms. The van der Waals surface area contributed by atoms with Gasteiger partial charge in [-0.15, -0.1) is 0 Å². The molecule has 1 aromatic heterocycles. The van der Waals surface area contributed by atoms with Crippen LogP contribution in [0.2, 0.25) is 0 Å². The van der Waals surface area contributed by atoms with E-state index in [0.29, 0.717) is 5.75 Å². The van der Waals surface area contributed by atoms with E-state index in [0.717, 1.165) is 4.60 Å². The smallest absolute Gasteiger partial charge is 0.184 e. The number of ether oxygens (including phenoxy) is 1. The molecule has 0 unspecified atom stereocenters. The van der Waals surface area contributed by atoms with Gasteiger partial charge in [0.25, 0.3) is 0 Å². The van der Waals surface area contributed by atoms with Gasteiger partial charge in [0.05, 0.1) is 6.20 Å². The van der Waals surface area contributed by atoms with Gasteiger partial charge >= 0.3 is 0 Å². The molecule has 4 heteroatoms. The van der Waals surface area contributed by atoms with Crippen LogP contribution in [0.5, 0.6) is 5.75 Å². The van der Waals surface area contributed by atoms with E-state index in [-0.39, 0.29) is 5.90 Å². The minimum atomic E-state index is 0.161. The number of nitrogens with zero attached hydrogens (tertiary/aromatic N) is 1. The highest BCUT2D eigenvalue weighted by Crippen LogP contribution is 2.12. The second-order valence-corrected chi connectivity index (χ2v) is 2.79. The van der Waals surface area contributed by atoms with Crippen LogP contribution in [-0.2, 0) is 0 Å². The number of hydrogen-bond donors (Lipinski definition) is 1. The summed E-state index contributed by atoms with van der Waals surface area (Å²) in [4.78, 5) is 3.93. The highest BCUT2D eigenvalue weighted by Gasteiger charge is 1.94. The van der Waals surface area contributed by atoms with Crippen molar-refractivity contribution in [3.8, 4) is 5.75 Å². The Morgan fingerprint density at radius 3 is 2.82 bits per heavy atom. The maximum Gasteiger partial charge on any atom is 0.184 e. The second kappa shape index (κ2) is 3.48. The first kappa shape index (κ1) is 8.20. The summed E-state index contributed by atoms with van der Waals surface area (Å²) in [6, 6.07) is 3.51. The van der Waals surface area contributed by atoms with Crippen LogP contribution in [0.15, 0.2) is 22.9 Å². The first-order valence-corrected chi connectivity index (χ1v) is 3.82. The van der Waals surface area contributed by atoms with Crippen LogP contribution in [0, 0.1) is 5.41 Å². The predicted molar refractivity (Wildman–Crippen MR) is 46.0 cm³/mol. The van der Waals surface area contributed by atoms with Crippen molar-refractivity contribution in [2.45, 2.75) is 6.92 Å². The molecule has 0 aromatic carbocycles. The molecule has 0 aliphatic heterocycles. The molecule has 0 atom stereocenters. The topological polar surface area (TPSA) is 46.0 Å². The summed E-state index contributed by atoms with van der Waals surface area (Å²) in [6.07, 6.45) is 1.56. The van der Waals surface area contributed by atoms with E-state index < -0.39 is 0 Å². The van der Waals surface area contributed by atoms with Crippen molar-refractivity contribution in [3.05, 3.63) is 22.9 Å². The molecule has 0 amide bonds. The lowest BCUT2D eigenvalue weighted by Gasteiger charge is -2.00. The molecule has 1 N–H and O–H groups in total. The Bertz CT molecular complexity index is 258. The third kappa shape index (κ3) is 2.67. The highest BCUT2D eigenvalue weighted by atomic mass is 79.9. The molecule has 1 heterocycles. The van der Waals surface area contributed by atoms with Crippen molar-refractivity contribution in [2.75, 3.05) is 0 Å². The Labute approximate surface area is 73.0 Å². The molecule has 0 aliphatic carbocycles. The van der Waals surface area contributed by atoms with Gasteiger partial charge in [0, 0.05) is 6.92 Å². The second-order valence-electron chi connectivity index (χ2n) is 1.97. The van der Waals surface area contributed by atoms with Crippen LogP contribution in [0.3, 0.4) is 0 Å². The molecule has 11 heavy (non-hydrogen) atoms. The third-order valence-corrected chi connectivity index (χ3v) is 1.44. The van der Waals surface area contributed by atoms with Crippen molar-refractivity contribution >= 4 is 21.8 Å². The largest absolute Gasteiger partial charge is 0.442 e. The fourth-order valence-electron chi connectivity index (χ4n) is 0.599. The minimum Gasteiger partial charge on any atom is -0.442 e. The summed E-state index contributed by atoms with van der Waals surface area (Å²) in [5.74, 6) is 0.745. The van der Waals surface area contributed by atoms with E-state index >= 15 is 0 Å². The van der Waals surface area contributed by atoms with Crippen molar-refractivity contribution in [1.82, 2.24) is 4.98 Å². The van der Waals surface area contributed by atoms with Crippen molar-refractivity contribution in [2.24, 2.45) is 0 Å². The van der Waals surface area contributed by atoms with E-state index in [1.807, 2.05) is 0 Å². The number of halogens is 1. The normalized spacial score (nSPS) is 9.27. The molecule has 0 aliphatic rings. The Kier molecular flexibility index (Phi) is 2.59. The van der Waals surface area contributed by atoms with Crippen LogP contribution >= 0.6 is 15.9 Å². The van der Waals surface area contributed by atoms with Gasteiger partial charge in [-0.2, -0.15) is 0 Å². The number of nitrogens with one attached hydrogen (secondary N) is 1. The van der Waals surface area contributed by atoms with Gasteiger partial charge < -0.3 is 4.74 Å². The van der Waals surface area contributed by atoms with Crippen LogP contribution in [0.4, 0.5) is 0 Å². The number of hydrogen-bond acceptors (Lipinski definition) is 3. The fourth-order valence-corrected chi connectivity index (χ4v) is 0.834. The monoisotopic (exact) mass is 214 g/mol. The summed E-state index contributed by atoms with van der Waals surface area (Å²) >= 11 is 3.19. The molecule has 0 saturated carbocycles. The molecule has 0 radical (unpaired) electrons. The molecule has 1 rings (SSSR count). The quantitative estimate of drug-likeness (QED) is 0.443. The van der Waals surface area contributed by atoms with Crippen LogP contribution in [-0.4, -0.2) is 10.9 Å². The van der Waals surface area contributed by atoms with Gasteiger partial charge in [0.15, 0.2) is 5.90 Å². The molecular formula is C7H7BrN2O. The standard InChI is InChI=1S/C7H7BrN2O/c1-5(9)11-6-2-3-7(8)10-4-6/h2-4,9H,1H3. The van der Waals surface area contributed by atoms with E-state index in [4.69, 9.17) is 10.1 Å². The predicted octanol–water partition coefficient (Wildman–Crippen LogP) is 2.22. The van der Waals surface area contributed by atoms with E-state index in [2.05, 4.69) is 20.9 Å². The van der Waals surface area contributed by atoms with Crippen molar-refractivity contribution < 1.29 is 4.74 Å². The molecule has 3 nitrogen and oxygen atoms in total. The molecule has 0 bridgehead atoms.